The van der Waals surface area contributed by atoms with Crippen LogP contribution in [0.2, 0.25) is 19.6 Å². The van der Waals surface area contributed by atoms with Gasteiger partial charge >= 0.3 is 5.97 Å². The number of aliphatic carboxylic acids is 1. The van der Waals surface area contributed by atoms with E-state index in [1.54, 1.807) is 0 Å². The topological polar surface area (TPSA) is 65.1 Å². The van der Waals surface area contributed by atoms with E-state index >= 15 is 0 Å². The minimum absolute atomic E-state index is 0.504. The molecule has 0 saturated heterocycles. The van der Waals surface area contributed by atoms with Crippen LogP contribution < -0.4 is 4.98 Å². The Hall–Kier alpha value is -1.59. The van der Waals surface area contributed by atoms with Crippen molar-refractivity contribution < 1.29 is 9.90 Å². The van der Waals surface area contributed by atoms with Gasteiger partial charge in [0.25, 0.3) is 0 Å². The molecule has 0 saturated carbocycles. The van der Waals surface area contributed by atoms with Gasteiger partial charge in [0.2, 0.25) is 0 Å². The average Bonchev–Trinajstić information content (AvgIpc) is 2.70. The van der Waals surface area contributed by atoms with Crippen LogP contribution in [0.1, 0.15) is 5.56 Å². The number of carboxylic acids is 1. The first kappa shape index (κ1) is 13.8. The van der Waals surface area contributed by atoms with E-state index in [0.29, 0.717) is 6.42 Å². The predicted molar refractivity (Wildman–Crippen MR) is 79.9 cm³/mol. The molecule has 19 heavy (non-hydrogen) atoms. The zero-order valence-electron chi connectivity index (χ0n) is 11.5. The number of carboxylic acid groups (broad SMARTS) is 1. The number of nitrogens with one attached hydrogen (secondary N) is 2. The van der Waals surface area contributed by atoms with Crippen molar-refractivity contribution in [3.63, 3.8) is 0 Å². The summed E-state index contributed by atoms with van der Waals surface area (Å²) in [7, 11) is -1.63. The van der Waals surface area contributed by atoms with E-state index in [-0.39, 0.29) is 0 Å². The minimum Gasteiger partial charge on any atom is -0.480 e. The maximum atomic E-state index is 11.4. The number of rotatable bonds is 5. The first-order valence-electron chi connectivity index (χ1n) is 6.42. The van der Waals surface area contributed by atoms with Crippen molar-refractivity contribution in [2.45, 2.75) is 32.1 Å². The lowest BCUT2D eigenvalue weighted by atomic mass is 10.1. The maximum absolute atomic E-state index is 11.4. The van der Waals surface area contributed by atoms with Gasteiger partial charge in [-0.05, 0) is 18.1 Å². The Morgan fingerprint density at radius 3 is 2.68 bits per heavy atom. The van der Waals surface area contributed by atoms with E-state index in [2.05, 4.69) is 29.6 Å². The third-order valence-corrected chi connectivity index (χ3v) is 4.22. The molecule has 1 aromatic heterocycles. The molecule has 0 amide bonds. The number of H-pyrrole nitrogens is 1. The van der Waals surface area contributed by atoms with Gasteiger partial charge in [-0.25, -0.2) is 0 Å². The number of fused-ring (bicyclic) bond motifs is 1. The van der Waals surface area contributed by atoms with E-state index in [1.807, 2.05) is 30.5 Å². The number of para-hydroxylation sites is 1. The lowest BCUT2D eigenvalue weighted by molar-refractivity contribution is -0.139. The molecular formula is C14H20N2O2Si. The number of hydrogen-bond acceptors (Lipinski definition) is 2. The van der Waals surface area contributed by atoms with Crippen molar-refractivity contribution in [3.05, 3.63) is 36.0 Å². The van der Waals surface area contributed by atoms with Crippen LogP contribution in [0.3, 0.4) is 0 Å². The van der Waals surface area contributed by atoms with Crippen molar-refractivity contribution in [1.29, 1.82) is 0 Å². The number of carbonyl (C=O) groups is 1. The van der Waals surface area contributed by atoms with Crippen molar-refractivity contribution in [2.24, 2.45) is 0 Å². The largest absolute Gasteiger partial charge is 0.480 e. The van der Waals surface area contributed by atoms with Gasteiger partial charge in [-0.3, -0.25) is 4.79 Å². The minimum atomic E-state index is -1.63. The molecule has 3 N–H and O–H groups in total. The molecule has 0 aliphatic rings. The predicted octanol–water partition coefficient (Wildman–Crippen LogP) is 2.59. The molecule has 0 bridgehead atoms. The van der Waals surface area contributed by atoms with Gasteiger partial charge in [0, 0.05) is 17.1 Å². The second-order valence-electron chi connectivity index (χ2n) is 5.85. The molecule has 0 radical (unpaired) electrons. The van der Waals surface area contributed by atoms with E-state index in [4.69, 9.17) is 0 Å². The van der Waals surface area contributed by atoms with Crippen LogP contribution in [0.5, 0.6) is 0 Å². The molecule has 0 fully saturated rings. The summed E-state index contributed by atoms with van der Waals surface area (Å²) in [5, 5.41) is 10.5. The number of aromatic amines is 1. The third kappa shape index (κ3) is 3.45. The fourth-order valence-corrected chi connectivity index (χ4v) is 3.51. The van der Waals surface area contributed by atoms with Crippen LogP contribution in [0.15, 0.2) is 30.5 Å². The van der Waals surface area contributed by atoms with E-state index in [9.17, 15) is 9.90 Å². The third-order valence-electron chi connectivity index (χ3n) is 3.00. The average molecular weight is 276 g/mol. The van der Waals surface area contributed by atoms with Gasteiger partial charge in [0.15, 0.2) is 0 Å². The Kier molecular flexibility index (Phi) is 3.77. The highest BCUT2D eigenvalue weighted by Crippen LogP contribution is 2.19. The summed E-state index contributed by atoms with van der Waals surface area (Å²) < 4.78 is 0. The quantitative estimate of drug-likeness (QED) is 0.735. The standard InChI is InChI=1S/C14H20N2O2Si/c1-19(2,3)16-13(14(17)18)8-10-9-15-12-7-5-4-6-11(10)12/h4-7,9,13,15-16H,8H2,1-3H3,(H,17,18)/t13-/m0/s1. The zero-order valence-corrected chi connectivity index (χ0v) is 12.5. The van der Waals surface area contributed by atoms with Gasteiger partial charge < -0.3 is 15.1 Å². The molecule has 2 aromatic rings. The molecule has 0 aliphatic heterocycles. The van der Waals surface area contributed by atoms with E-state index in [0.717, 1.165) is 16.5 Å². The van der Waals surface area contributed by atoms with Crippen molar-refractivity contribution in [2.75, 3.05) is 0 Å². The van der Waals surface area contributed by atoms with Crippen LogP contribution in [-0.4, -0.2) is 30.3 Å². The molecule has 4 nitrogen and oxygen atoms in total. The summed E-state index contributed by atoms with van der Waals surface area (Å²) in [5.41, 5.74) is 2.10. The smallest absolute Gasteiger partial charge is 0.320 e. The van der Waals surface area contributed by atoms with Crippen LogP contribution in [0, 0.1) is 0 Å². The van der Waals surface area contributed by atoms with Gasteiger partial charge in [0.1, 0.15) is 14.3 Å². The lowest BCUT2D eigenvalue weighted by Crippen LogP contribution is -2.52. The highest BCUT2D eigenvalue weighted by molar-refractivity contribution is 6.73. The molecule has 1 aromatic carbocycles. The van der Waals surface area contributed by atoms with Crippen LogP contribution in [0.4, 0.5) is 0 Å². The van der Waals surface area contributed by atoms with Gasteiger partial charge in [0.05, 0.1) is 0 Å². The highest BCUT2D eigenvalue weighted by atomic mass is 28.3. The summed E-state index contributed by atoms with van der Waals surface area (Å²) in [4.78, 5) is 17.9. The molecule has 0 spiro atoms. The van der Waals surface area contributed by atoms with Gasteiger partial charge in [-0.2, -0.15) is 0 Å². The molecule has 102 valence electrons. The molecule has 0 aliphatic carbocycles. The molecule has 5 heteroatoms. The summed E-state index contributed by atoms with van der Waals surface area (Å²) in [6.45, 7) is 6.33. The fourth-order valence-electron chi connectivity index (χ4n) is 2.24. The van der Waals surface area contributed by atoms with Gasteiger partial charge in [-0.1, -0.05) is 37.8 Å². The SMILES string of the molecule is C[Si](C)(C)N[C@@H](Cc1c[nH]c2ccccc12)C(=O)O. The Morgan fingerprint density at radius 2 is 2.05 bits per heavy atom. The summed E-state index contributed by atoms with van der Waals surface area (Å²) in [6, 6.07) is 7.44. The second kappa shape index (κ2) is 5.18. The fraction of sp³-hybridized carbons (Fsp3) is 0.357. The van der Waals surface area contributed by atoms with Crippen LogP contribution >= 0.6 is 0 Å². The number of benzene rings is 1. The lowest BCUT2D eigenvalue weighted by Gasteiger charge is -2.24. The summed E-state index contributed by atoms with van der Waals surface area (Å²) in [5.74, 6) is -0.785. The van der Waals surface area contributed by atoms with Crippen LogP contribution in [0.25, 0.3) is 10.9 Å². The Bertz CT molecular complexity index is 586. The Labute approximate surface area is 113 Å². The van der Waals surface area contributed by atoms with Gasteiger partial charge in [-0.15, -0.1) is 0 Å². The summed E-state index contributed by atoms with van der Waals surface area (Å²) in [6.07, 6.45) is 2.41. The first-order chi connectivity index (χ1) is 8.87. The van der Waals surface area contributed by atoms with E-state index in [1.165, 1.54) is 0 Å². The van der Waals surface area contributed by atoms with Crippen LogP contribution in [-0.2, 0) is 11.2 Å². The second-order valence-corrected chi connectivity index (χ2v) is 10.6. The maximum Gasteiger partial charge on any atom is 0.320 e. The molecule has 2 rings (SSSR count). The molecular weight excluding hydrogens is 256 g/mol. The number of hydrogen-bond donors (Lipinski definition) is 3. The van der Waals surface area contributed by atoms with Crippen molar-refractivity contribution >= 4 is 25.1 Å². The molecule has 1 heterocycles. The normalized spacial score (nSPS) is 13.6. The Balaban J connectivity index is 2.24. The highest BCUT2D eigenvalue weighted by Gasteiger charge is 2.25. The van der Waals surface area contributed by atoms with Crippen molar-refractivity contribution in [1.82, 2.24) is 9.97 Å². The Morgan fingerprint density at radius 1 is 1.37 bits per heavy atom. The van der Waals surface area contributed by atoms with E-state index < -0.39 is 20.2 Å². The zero-order chi connectivity index (χ0) is 14.0. The molecule has 0 unspecified atom stereocenters. The number of aromatic nitrogens is 1. The summed E-state index contributed by atoms with van der Waals surface area (Å²) >= 11 is 0. The monoisotopic (exact) mass is 276 g/mol. The molecule has 1 atom stereocenters. The van der Waals surface area contributed by atoms with Crippen molar-refractivity contribution in [3.8, 4) is 0 Å². The first-order valence-corrected chi connectivity index (χ1v) is 9.92.